The van der Waals surface area contributed by atoms with Crippen molar-refractivity contribution in [1.29, 1.82) is 0 Å². The van der Waals surface area contributed by atoms with E-state index in [2.05, 4.69) is 25.7 Å². The molecular formula is C16H29NO3. The van der Waals surface area contributed by atoms with Gasteiger partial charge in [0, 0.05) is 13.1 Å². The van der Waals surface area contributed by atoms with Crippen LogP contribution >= 0.6 is 0 Å². The lowest BCUT2D eigenvalue weighted by atomic mass is 9.76. The lowest BCUT2D eigenvalue weighted by molar-refractivity contribution is -0.156. The smallest absolute Gasteiger partial charge is 0.324 e. The quantitative estimate of drug-likeness (QED) is 0.792. The first kappa shape index (κ1) is 15.8. The van der Waals surface area contributed by atoms with Gasteiger partial charge < -0.3 is 9.84 Å². The van der Waals surface area contributed by atoms with Gasteiger partial charge in [0.15, 0.2) is 0 Å². The predicted molar refractivity (Wildman–Crippen MR) is 78.8 cm³/mol. The molecule has 0 spiro atoms. The minimum atomic E-state index is -0.649. The van der Waals surface area contributed by atoms with Crippen LogP contribution in [0.3, 0.4) is 0 Å². The molecule has 1 heterocycles. The predicted octanol–water partition coefficient (Wildman–Crippen LogP) is 2.77. The van der Waals surface area contributed by atoms with Gasteiger partial charge in [-0.1, -0.05) is 27.2 Å². The largest absolute Gasteiger partial charge is 0.480 e. The summed E-state index contributed by atoms with van der Waals surface area (Å²) in [6.45, 7) is 9.68. The number of hydrogen-bond acceptors (Lipinski definition) is 3. The van der Waals surface area contributed by atoms with E-state index >= 15 is 0 Å². The van der Waals surface area contributed by atoms with E-state index < -0.39 is 11.5 Å². The fourth-order valence-corrected chi connectivity index (χ4v) is 3.85. The zero-order valence-electron chi connectivity index (χ0n) is 13.2. The number of aliphatic carboxylic acids is 1. The second-order valence-corrected chi connectivity index (χ2v) is 7.43. The number of ether oxygens (including phenoxy) is 1. The van der Waals surface area contributed by atoms with Gasteiger partial charge in [-0.05, 0) is 37.0 Å². The molecule has 20 heavy (non-hydrogen) atoms. The minimum Gasteiger partial charge on any atom is -0.480 e. The number of carbonyl (C=O) groups is 1. The van der Waals surface area contributed by atoms with Crippen LogP contribution in [0.5, 0.6) is 0 Å². The van der Waals surface area contributed by atoms with Crippen LogP contribution in [0.2, 0.25) is 0 Å². The highest BCUT2D eigenvalue weighted by Crippen LogP contribution is 2.42. The molecule has 2 fully saturated rings. The van der Waals surface area contributed by atoms with Gasteiger partial charge in [0.05, 0.1) is 13.2 Å². The van der Waals surface area contributed by atoms with Crippen molar-refractivity contribution in [2.45, 2.75) is 58.4 Å². The van der Waals surface area contributed by atoms with E-state index in [0.717, 1.165) is 45.2 Å². The third-order valence-electron chi connectivity index (χ3n) is 5.29. The topological polar surface area (TPSA) is 49.8 Å². The van der Waals surface area contributed by atoms with Crippen LogP contribution in [-0.4, -0.2) is 47.8 Å². The molecule has 0 aromatic carbocycles. The highest BCUT2D eigenvalue weighted by Gasteiger charge is 2.46. The van der Waals surface area contributed by atoms with Crippen LogP contribution in [0, 0.1) is 11.3 Å². The Morgan fingerprint density at radius 3 is 2.40 bits per heavy atom. The second kappa shape index (κ2) is 6.02. The molecule has 0 bridgehead atoms. The van der Waals surface area contributed by atoms with Crippen LogP contribution in [0.4, 0.5) is 0 Å². The fraction of sp³-hybridized carbons (Fsp3) is 0.938. The Bertz CT molecular complexity index is 344. The van der Waals surface area contributed by atoms with Crippen LogP contribution in [0.1, 0.15) is 52.9 Å². The van der Waals surface area contributed by atoms with E-state index in [1.165, 1.54) is 0 Å². The fourth-order valence-electron chi connectivity index (χ4n) is 3.85. The van der Waals surface area contributed by atoms with E-state index in [1.54, 1.807) is 0 Å². The average Bonchev–Trinajstić information content (AvgIpc) is 2.63. The van der Waals surface area contributed by atoms with E-state index in [9.17, 15) is 9.90 Å². The molecule has 2 aliphatic rings. The molecule has 0 radical (unpaired) electrons. The molecule has 0 aromatic heterocycles. The van der Waals surface area contributed by atoms with E-state index in [0.29, 0.717) is 19.1 Å². The van der Waals surface area contributed by atoms with Crippen molar-refractivity contribution < 1.29 is 14.6 Å². The third-order valence-corrected chi connectivity index (χ3v) is 5.29. The number of nitrogens with zero attached hydrogens (tertiary/aromatic N) is 1. The summed E-state index contributed by atoms with van der Waals surface area (Å²) in [5.41, 5.74) is -0.372. The molecule has 1 saturated heterocycles. The molecule has 2 atom stereocenters. The molecule has 1 aliphatic heterocycles. The zero-order valence-corrected chi connectivity index (χ0v) is 13.2. The number of hydrogen-bond donors (Lipinski definition) is 1. The van der Waals surface area contributed by atoms with Gasteiger partial charge in [-0.25, -0.2) is 0 Å². The van der Waals surface area contributed by atoms with Gasteiger partial charge >= 0.3 is 5.97 Å². The SMILES string of the molecule is CC(C)(C)C1CCCC(C(=O)O)(N2CCOCC2)CC1. The maximum absolute atomic E-state index is 12.0. The Hall–Kier alpha value is -0.610. The molecule has 0 aromatic rings. The Balaban J connectivity index is 2.15. The van der Waals surface area contributed by atoms with Crippen LogP contribution in [0.15, 0.2) is 0 Å². The van der Waals surface area contributed by atoms with E-state index in [-0.39, 0.29) is 5.41 Å². The summed E-state index contributed by atoms with van der Waals surface area (Å²) in [6.07, 6.45) is 4.76. The summed E-state index contributed by atoms with van der Waals surface area (Å²) in [5, 5.41) is 9.87. The van der Waals surface area contributed by atoms with Crippen molar-refractivity contribution >= 4 is 5.97 Å². The summed E-state index contributed by atoms with van der Waals surface area (Å²) in [6, 6.07) is 0. The van der Waals surface area contributed by atoms with Gasteiger partial charge in [0.25, 0.3) is 0 Å². The minimum absolute atomic E-state index is 0.277. The normalized spacial score (nSPS) is 33.6. The van der Waals surface area contributed by atoms with Gasteiger partial charge in [0.1, 0.15) is 5.54 Å². The lowest BCUT2D eigenvalue weighted by Gasteiger charge is -2.42. The first-order valence-electron chi connectivity index (χ1n) is 7.92. The average molecular weight is 283 g/mol. The molecule has 0 amide bonds. The summed E-state index contributed by atoms with van der Waals surface area (Å²) in [4.78, 5) is 14.2. The molecule has 4 heteroatoms. The zero-order chi connectivity index (χ0) is 14.8. The summed E-state index contributed by atoms with van der Waals surface area (Å²) < 4.78 is 5.39. The highest BCUT2D eigenvalue weighted by atomic mass is 16.5. The molecule has 1 aliphatic carbocycles. The van der Waals surface area contributed by atoms with Gasteiger partial charge in [-0.15, -0.1) is 0 Å². The number of carboxylic acids is 1. The van der Waals surface area contributed by atoms with Crippen LogP contribution in [0.25, 0.3) is 0 Å². The number of rotatable bonds is 2. The summed E-state index contributed by atoms with van der Waals surface area (Å²) in [7, 11) is 0. The molecular weight excluding hydrogens is 254 g/mol. The van der Waals surface area contributed by atoms with Crippen molar-refractivity contribution in [3.8, 4) is 0 Å². The first-order chi connectivity index (χ1) is 9.36. The Morgan fingerprint density at radius 2 is 1.85 bits per heavy atom. The Labute approximate surface area is 122 Å². The maximum Gasteiger partial charge on any atom is 0.324 e. The molecule has 1 N–H and O–H groups in total. The van der Waals surface area contributed by atoms with E-state index in [1.807, 2.05) is 0 Å². The Kier molecular flexibility index (Phi) is 4.75. The molecule has 2 rings (SSSR count). The number of carboxylic acid groups (broad SMARTS) is 1. The maximum atomic E-state index is 12.0. The van der Waals surface area contributed by atoms with Gasteiger partial charge in [-0.3, -0.25) is 9.69 Å². The van der Waals surface area contributed by atoms with Crippen molar-refractivity contribution in [3.05, 3.63) is 0 Å². The molecule has 1 saturated carbocycles. The number of morpholine rings is 1. The highest BCUT2D eigenvalue weighted by molar-refractivity contribution is 5.78. The Morgan fingerprint density at radius 1 is 1.20 bits per heavy atom. The van der Waals surface area contributed by atoms with Crippen molar-refractivity contribution in [2.75, 3.05) is 26.3 Å². The van der Waals surface area contributed by atoms with Crippen LogP contribution in [-0.2, 0) is 9.53 Å². The second-order valence-electron chi connectivity index (χ2n) is 7.43. The monoisotopic (exact) mass is 283 g/mol. The molecule has 4 nitrogen and oxygen atoms in total. The lowest BCUT2D eigenvalue weighted by Crippen LogP contribution is -2.58. The standard InChI is InChI=1S/C16H29NO3/c1-15(2,3)13-5-4-7-16(8-6-13,14(18)19)17-9-11-20-12-10-17/h13H,4-12H2,1-3H3,(H,18,19). The first-order valence-corrected chi connectivity index (χ1v) is 7.92. The molecule has 116 valence electrons. The van der Waals surface area contributed by atoms with Gasteiger partial charge in [-0.2, -0.15) is 0 Å². The summed E-state index contributed by atoms with van der Waals surface area (Å²) >= 11 is 0. The summed E-state index contributed by atoms with van der Waals surface area (Å²) in [5.74, 6) is -0.00118. The molecule has 2 unspecified atom stereocenters. The van der Waals surface area contributed by atoms with Crippen molar-refractivity contribution in [2.24, 2.45) is 11.3 Å². The van der Waals surface area contributed by atoms with Crippen molar-refractivity contribution in [3.63, 3.8) is 0 Å². The third kappa shape index (κ3) is 3.17. The van der Waals surface area contributed by atoms with Crippen LogP contribution < -0.4 is 0 Å². The van der Waals surface area contributed by atoms with Gasteiger partial charge in [0.2, 0.25) is 0 Å². The van der Waals surface area contributed by atoms with Crippen molar-refractivity contribution in [1.82, 2.24) is 4.90 Å². The van der Waals surface area contributed by atoms with E-state index in [4.69, 9.17) is 4.74 Å².